The van der Waals surface area contributed by atoms with E-state index in [9.17, 15) is 0 Å². The van der Waals surface area contributed by atoms with Gasteiger partial charge in [-0.05, 0) is 12.5 Å². The summed E-state index contributed by atoms with van der Waals surface area (Å²) >= 11 is 0. The Hall–Kier alpha value is -0.590. The van der Waals surface area contributed by atoms with Crippen molar-refractivity contribution in [1.29, 1.82) is 0 Å². The lowest BCUT2D eigenvalue weighted by atomic mass is 10.2. The summed E-state index contributed by atoms with van der Waals surface area (Å²) in [7, 11) is 0. The molecule has 1 heteroatoms. The Morgan fingerprint density at radius 1 is 1.75 bits per heavy atom. The molecule has 0 spiro atoms. The molecule has 0 unspecified atom stereocenters. The van der Waals surface area contributed by atoms with Crippen LogP contribution in [-0.2, 0) is 0 Å². The van der Waals surface area contributed by atoms with E-state index in [1.807, 2.05) is 0 Å². The molecule has 8 heavy (non-hydrogen) atoms. The first-order chi connectivity index (χ1) is 3.93. The number of rotatable bonds is 2. The van der Waals surface area contributed by atoms with E-state index in [4.69, 9.17) is 0 Å². The van der Waals surface area contributed by atoms with Crippen molar-refractivity contribution < 1.29 is 0 Å². The largest absolute Gasteiger partial charge is 0.286 e. The fourth-order valence-electron chi connectivity index (χ4n) is 0.830. The predicted octanol–water partition coefficient (Wildman–Crippen LogP) is 1.80. The smallest absolute Gasteiger partial charge is 0.0577 e. The van der Waals surface area contributed by atoms with Gasteiger partial charge < -0.3 is 0 Å². The molecule has 0 aromatic rings. The van der Waals surface area contributed by atoms with Gasteiger partial charge >= 0.3 is 0 Å². The molecule has 1 nitrogen and oxygen atoms in total. The van der Waals surface area contributed by atoms with Gasteiger partial charge in [-0.3, -0.25) is 4.99 Å². The molecule has 0 bridgehead atoms. The zero-order chi connectivity index (χ0) is 5.82. The van der Waals surface area contributed by atoms with Crippen molar-refractivity contribution in [3.05, 3.63) is 12.2 Å². The summed E-state index contributed by atoms with van der Waals surface area (Å²) in [5, 5.41) is 0. The molecule has 1 rings (SSSR count). The Balaban J connectivity index is 2.34. The van der Waals surface area contributed by atoms with E-state index in [-0.39, 0.29) is 0 Å². The van der Waals surface area contributed by atoms with Gasteiger partial charge in [0.05, 0.1) is 6.54 Å². The molecule has 0 radical (unpaired) electrons. The summed E-state index contributed by atoms with van der Waals surface area (Å²) in [5.74, 6) is 0. The van der Waals surface area contributed by atoms with E-state index < -0.39 is 0 Å². The molecule has 0 fully saturated rings. The van der Waals surface area contributed by atoms with E-state index in [0.717, 1.165) is 13.0 Å². The first kappa shape index (κ1) is 5.54. The predicted molar refractivity (Wildman–Crippen MR) is 36.4 cm³/mol. The molecular weight excluding hydrogens is 98.1 g/mol. The van der Waals surface area contributed by atoms with E-state index in [2.05, 4.69) is 24.1 Å². The van der Waals surface area contributed by atoms with Crippen molar-refractivity contribution in [2.45, 2.75) is 19.8 Å². The Morgan fingerprint density at radius 2 is 2.62 bits per heavy atom. The Bertz CT molecular complexity index is 122. The first-order valence-corrected chi connectivity index (χ1v) is 3.13. The zero-order valence-electron chi connectivity index (χ0n) is 5.22. The maximum absolute atomic E-state index is 4.23. The van der Waals surface area contributed by atoms with Gasteiger partial charge in [0.15, 0.2) is 0 Å². The monoisotopic (exact) mass is 109 g/mol. The van der Waals surface area contributed by atoms with Crippen molar-refractivity contribution in [2.75, 3.05) is 6.54 Å². The van der Waals surface area contributed by atoms with Crippen molar-refractivity contribution in [1.82, 2.24) is 0 Å². The summed E-state index contributed by atoms with van der Waals surface area (Å²) in [6, 6.07) is 0. The molecule has 1 aliphatic heterocycles. The average Bonchev–Trinajstić information content (AvgIpc) is 2.19. The summed E-state index contributed by atoms with van der Waals surface area (Å²) < 4.78 is 0. The van der Waals surface area contributed by atoms with Crippen LogP contribution in [0.5, 0.6) is 0 Å². The van der Waals surface area contributed by atoms with Crippen LogP contribution >= 0.6 is 0 Å². The fourth-order valence-corrected chi connectivity index (χ4v) is 0.830. The first-order valence-electron chi connectivity index (χ1n) is 3.13. The lowest BCUT2D eigenvalue weighted by Crippen LogP contribution is -1.86. The van der Waals surface area contributed by atoms with Gasteiger partial charge in [-0.1, -0.05) is 19.4 Å². The van der Waals surface area contributed by atoms with E-state index in [0.29, 0.717) is 0 Å². The minimum Gasteiger partial charge on any atom is -0.286 e. The van der Waals surface area contributed by atoms with Crippen molar-refractivity contribution in [2.24, 2.45) is 4.99 Å². The van der Waals surface area contributed by atoms with Crippen LogP contribution < -0.4 is 0 Å². The molecule has 0 aliphatic carbocycles. The molecule has 44 valence electrons. The third-order valence-electron chi connectivity index (χ3n) is 1.22. The van der Waals surface area contributed by atoms with Crippen molar-refractivity contribution in [3.63, 3.8) is 0 Å². The van der Waals surface area contributed by atoms with Crippen LogP contribution in [0.25, 0.3) is 0 Å². The van der Waals surface area contributed by atoms with Crippen LogP contribution in [-0.4, -0.2) is 12.3 Å². The van der Waals surface area contributed by atoms with Crippen LogP contribution in [0.15, 0.2) is 17.1 Å². The molecule has 0 aromatic carbocycles. The number of hydrogen-bond acceptors (Lipinski definition) is 1. The highest BCUT2D eigenvalue weighted by molar-refractivity contribution is 5.96. The van der Waals surface area contributed by atoms with Gasteiger partial charge in [0.1, 0.15) is 0 Å². The molecule has 0 atom stereocenters. The Labute approximate surface area is 50.1 Å². The molecule has 0 N–H and O–H groups in total. The highest BCUT2D eigenvalue weighted by atomic mass is 14.7. The maximum Gasteiger partial charge on any atom is 0.0577 e. The molecular formula is C7H11N. The van der Waals surface area contributed by atoms with Gasteiger partial charge in [-0.2, -0.15) is 0 Å². The highest BCUT2D eigenvalue weighted by Crippen LogP contribution is 1.99. The minimum absolute atomic E-state index is 0.912. The molecule has 1 heterocycles. The quantitative estimate of drug-likeness (QED) is 0.512. The van der Waals surface area contributed by atoms with E-state index >= 15 is 0 Å². The van der Waals surface area contributed by atoms with Crippen LogP contribution in [0.4, 0.5) is 0 Å². The normalized spacial score (nSPS) is 16.9. The molecule has 1 aliphatic rings. The second kappa shape index (κ2) is 2.65. The second-order valence-electron chi connectivity index (χ2n) is 1.98. The standard InChI is InChI=1S/C7H11N/c1-2-4-7-5-3-6-8-7/h3,5H,2,4,6H2,1H3. The number of aliphatic imine (C=N–C) groups is 1. The van der Waals surface area contributed by atoms with Gasteiger partial charge in [-0.25, -0.2) is 0 Å². The van der Waals surface area contributed by atoms with Gasteiger partial charge in [-0.15, -0.1) is 0 Å². The van der Waals surface area contributed by atoms with Crippen molar-refractivity contribution in [3.8, 4) is 0 Å². The Kier molecular flexibility index (Phi) is 1.84. The van der Waals surface area contributed by atoms with Gasteiger partial charge in [0.25, 0.3) is 0 Å². The van der Waals surface area contributed by atoms with Crippen LogP contribution in [0.1, 0.15) is 19.8 Å². The lowest BCUT2D eigenvalue weighted by Gasteiger charge is -1.88. The fraction of sp³-hybridized carbons (Fsp3) is 0.571. The lowest BCUT2D eigenvalue weighted by molar-refractivity contribution is 0.993. The molecule has 0 aromatic heterocycles. The number of nitrogens with zero attached hydrogens (tertiary/aromatic N) is 1. The minimum atomic E-state index is 0.912. The number of hydrogen-bond donors (Lipinski definition) is 0. The summed E-state index contributed by atoms with van der Waals surface area (Å²) in [4.78, 5) is 4.23. The van der Waals surface area contributed by atoms with E-state index in [1.54, 1.807) is 0 Å². The van der Waals surface area contributed by atoms with Gasteiger partial charge in [0.2, 0.25) is 0 Å². The van der Waals surface area contributed by atoms with Crippen LogP contribution in [0, 0.1) is 0 Å². The maximum atomic E-state index is 4.23. The zero-order valence-corrected chi connectivity index (χ0v) is 5.22. The summed E-state index contributed by atoms with van der Waals surface area (Å²) in [6.45, 7) is 3.09. The third kappa shape index (κ3) is 1.19. The summed E-state index contributed by atoms with van der Waals surface area (Å²) in [6.07, 6.45) is 6.58. The van der Waals surface area contributed by atoms with Crippen molar-refractivity contribution >= 4 is 5.71 Å². The molecule has 0 saturated heterocycles. The molecule has 0 saturated carbocycles. The number of allylic oxidation sites excluding steroid dienone is 1. The second-order valence-corrected chi connectivity index (χ2v) is 1.98. The molecule has 0 amide bonds. The van der Waals surface area contributed by atoms with Crippen LogP contribution in [0.2, 0.25) is 0 Å². The highest BCUT2D eigenvalue weighted by Gasteiger charge is 1.94. The third-order valence-corrected chi connectivity index (χ3v) is 1.22. The summed E-state index contributed by atoms with van der Waals surface area (Å²) in [5.41, 5.74) is 1.27. The topological polar surface area (TPSA) is 12.4 Å². The average molecular weight is 109 g/mol. The van der Waals surface area contributed by atoms with E-state index in [1.165, 1.54) is 12.1 Å². The van der Waals surface area contributed by atoms with Gasteiger partial charge in [0, 0.05) is 5.71 Å². The van der Waals surface area contributed by atoms with Crippen LogP contribution in [0.3, 0.4) is 0 Å². The SMILES string of the molecule is CCCC1=NCC=C1. The Morgan fingerprint density at radius 3 is 3.12 bits per heavy atom.